The minimum atomic E-state index is 0.704. The van der Waals surface area contributed by atoms with Gasteiger partial charge in [0.15, 0.2) is 5.82 Å². The van der Waals surface area contributed by atoms with Gasteiger partial charge in [-0.2, -0.15) is 0 Å². The highest BCUT2D eigenvalue weighted by Gasteiger charge is 2.14. The van der Waals surface area contributed by atoms with Crippen molar-refractivity contribution in [2.75, 3.05) is 11.9 Å². The standard InChI is InChI=1S/C15H19IN4/c1-5-11-12(16)14(17-6-2)20-15(19-11)13-10(4)7-9(3)8-18-13/h7-8H,5-6H2,1-4H3,(H,17,19,20). The van der Waals surface area contributed by atoms with Crippen molar-refractivity contribution < 1.29 is 0 Å². The fourth-order valence-electron chi connectivity index (χ4n) is 2.07. The largest absolute Gasteiger partial charge is 0.369 e. The van der Waals surface area contributed by atoms with Crippen LogP contribution in [0.25, 0.3) is 11.5 Å². The van der Waals surface area contributed by atoms with E-state index in [2.05, 4.69) is 69.7 Å². The van der Waals surface area contributed by atoms with Gasteiger partial charge in [-0.1, -0.05) is 13.0 Å². The molecule has 0 spiro atoms. The van der Waals surface area contributed by atoms with Crippen molar-refractivity contribution >= 4 is 28.4 Å². The number of pyridine rings is 1. The molecule has 5 heteroatoms. The van der Waals surface area contributed by atoms with Crippen LogP contribution in [0.2, 0.25) is 0 Å². The van der Waals surface area contributed by atoms with Crippen LogP contribution in [-0.2, 0) is 6.42 Å². The number of halogens is 1. The van der Waals surface area contributed by atoms with Gasteiger partial charge in [0.2, 0.25) is 0 Å². The van der Waals surface area contributed by atoms with Crippen molar-refractivity contribution in [1.82, 2.24) is 15.0 Å². The summed E-state index contributed by atoms with van der Waals surface area (Å²) in [6.07, 6.45) is 2.75. The molecule has 2 aromatic rings. The lowest BCUT2D eigenvalue weighted by Gasteiger charge is -2.12. The quantitative estimate of drug-likeness (QED) is 0.819. The lowest BCUT2D eigenvalue weighted by molar-refractivity contribution is 0.973. The summed E-state index contributed by atoms with van der Waals surface area (Å²) in [5.74, 6) is 1.60. The Kier molecular flexibility index (Phi) is 4.91. The van der Waals surface area contributed by atoms with Gasteiger partial charge in [0.05, 0.1) is 9.26 Å². The maximum absolute atomic E-state index is 4.67. The first-order chi connectivity index (χ1) is 9.56. The summed E-state index contributed by atoms with van der Waals surface area (Å²) in [7, 11) is 0. The number of nitrogens with one attached hydrogen (secondary N) is 1. The normalized spacial score (nSPS) is 10.7. The summed E-state index contributed by atoms with van der Waals surface area (Å²) in [4.78, 5) is 13.8. The van der Waals surface area contributed by atoms with Gasteiger partial charge in [0.1, 0.15) is 11.5 Å². The van der Waals surface area contributed by atoms with Crippen LogP contribution >= 0.6 is 22.6 Å². The molecule has 2 heterocycles. The van der Waals surface area contributed by atoms with Crippen molar-refractivity contribution in [3.05, 3.63) is 32.7 Å². The van der Waals surface area contributed by atoms with Crippen LogP contribution in [0.3, 0.4) is 0 Å². The van der Waals surface area contributed by atoms with Gasteiger partial charge in [-0.05, 0) is 60.9 Å². The number of aromatic nitrogens is 3. The lowest BCUT2D eigenvalue weighted by atomic mass is 10.1. The predicted molar refractivity (Wildman–Crippen MR) is 91.0 cm³/mol. The summed E-state index contributed by atoms with van der Waals surface area (Å²) < 4.78 is 1.10. The van der Waals surface area contributed by atoms with Crippen molar-refractivity contribution in [2.24, 2.45) is 0 Å². The van der Waals surface area contributed by atoms with Crippen molar-refractivity contribution in [2.45, 2.75) is 34.1 Å². The van der Waals surface area contributed by atoms with Gasteiger partial charge in [-0.3, -0.25) is 4.98 Å². The Bertz CT molecular complexity index is 626. The average Bonchev–Trinajstić information content (AvgIpc) is 2.41. The van der Waals surface area contributed by atoms with Gasteiger partial charge in [0, 0.05) is 12.7 Å². The minimum absolute atomic E-state index is 0.704. The molecule has 0 atom stereocenters. The molecule has 2 rings (SSSR count). The van der Waals surface area contributed by atoms with E-state index in [1.165, 1.54) is 0 Å². The SMILES string of the molecule is CCNc1nc(-c2ncc(C)cc2C)nc(CC)c1I. The van der Waals surface area contributed by atoms with Crippen LogP contribution in [0.4, 0.5) is 5.82 Å². The molecule has 0 fully saturated rings. The highest BCUT2D eigenvalue weighted by Crippen LogP contribution is 2.25. The summed E-state index contributed by atoms with van der Waals surface area (Å²) >= 11 is 2.31. The van der Waals surface area contributed by atoms with Crippen LogP contribution < -0.4 is 5.32 Å². The number of nitrogens with zero attached hydrogens (tertiary/aromatic N) is 3. The fourth-order valence-corrected chi connectivity index (χ4v) is 2.88. The van der Waals surface area contributed by atoms with Gasteiger partial charge in [-0.15, -0.1) is 0 Å². The molecule has 1 N–H and O–H groups in total. The van der Waals surface area contributed by atoms with E-state index in [1.807, 2.05) is 13.1 Å². The van der Waals surface area contributed by atoms with Crippen LogP contribution in [0.5, 0.6) is 0 Å². The molecule has 0 radical (unpaired) electrons. The Morgan fingerprint density at radius 2 is 1.95 bits per heavy atom. The molecule has 0 amide bonds. The number of hydrogen-bond donors (Lipinski definition) is 1. The molecule has 0 aromatic carbocycles. The van der Waals surface area contributed by atoms with Crippen molar-refractivity contribution in [1.29, 1.82) is 0 Å². The third-order valence-electron chi connectivity index (χ3n) is 3.03. The molecule has 0 aliphatic heterocycles. The zero-order chi connectivity index (χ0) is 14.7. The van der Waals surface area contributed by atoms with E-state index in [0.717, 1.165) is 44.9 Å². The second kappa shape index (κ2) is 6.47. The zero-order valence-corrected chi connectivity index (χ0v) is 14.4. The molecule has 0 aliphatic carbocycles. The van der Waals surface area contributed by atoms with E-state index in [-0.39, 0.29) is 0 Å². The summed E-state index contributed by atoms with van der Waals surface area (Å²) in [5.41, 5.74) is 4.18. The monoisotopic (exact) mass is 382 g/mol. The molecular formula is C15H19IN4. The van der Waals surface area contributed by atoms with E-state index in [0.29, 0.717) is 5.82 Å². The molecule has 0 unspecified atom stereocenters. The van der Waals surface area contributed by atoms with Crippen LogP contribution in [0.1, 0.15) is 30.7 Å². The first-order valence-corrected chi connectivity index (χ1v) is 7.88. The topological polar surface area (TPSA) is 50.7 Å². The van der Waals surface area contributed by atoms with Gasteiger partial charge >= 0.3 is 0 Å². The van der Waals surface area contributed by atoms with Gasteiger partial charge < -0.3 is 5.32 Å². The first-order valence-electron chi connectivity index (χ1n) is 6.80. The molecule has 0 bridgehead atoms. The van der Waals surface area contributed by atoms with Crippen molar-refractivity contribution in [3.8, 4) is 11.5 Å². The number of hydrogen-bond acceptors (Lipinski definition) is 4. The van der Waals surface area contributed by atoms with E-state index in [1.54, 1.807) is 0 Å². The molecule has 20 heavy (non-hydrogen) atoms. The number of rotatable bonds is 4. The molecule has 0 saturated carbocycles. The Balaban J connectivity index is 2.58. The second-order valence-corrected chi connectivity index (χ2v) is 5.80. The molecule has 106 valence electrons. The lowest BCUT2D eigenvalue weighted by Crippen LogP contribution is -2.08. The fraction of sp³-hybridized carbons (Fsp3) is 0.400. The minimum Gasteiger partial charge on any atom is -0.369 e. The summed E-state index contributed by atoms with van der Waals surface area (Å²) in [6, 6.07) is 2.11. The Morgan fingerprint density at radius 3 is 2.55 bits per heavy atom. The molecule has 0 saturated heterocycles. The Hall–Kier alpha value is -1.24. The van der Waals surface area contributed by atoms with Crippen LogP contribution in [-0.4, -0.2) is 21.5 Å². The second-order valence-electron chi connectivity index (χ2n) is 4.72. The maximum Gasteiger partial charge on any atom is 0.180 e. The van der Waals surface area contributed by atoms with E-state index in [4.69, 9.17) is 0 Å². The molecule has 0 aliphatic rings. The maximum atomic E-state index is 4.67. The van der Waals surface area contributed by atoms with E-state index in [9.17, 15) is 0 Å². The highest BCUT2D eigenvalue weighted by molar-refractivity contribution is 14.1. The predicted octanol–water partition coefficient (Wildman–Crippen LogP) is 3.75. The van der Waals surface area contributed by atoms with Gasteiger partial charge in [-0.25, -0.2) is 9.97 Å². The van der Waals surface area contributed by atoms with Crippen molar-refractivity contribution in [3.63, 3.8) is 0 Å². The molecule has 4 nitrogen and oxygen atoms in total. The number of anilines is 1. The Labute approximate surface area is 133 Å². The third kappa shape index (κ3) is 3.08. The average molecular weight is 382 g/mol. The van der Waals surface area contributed by atoms with Crippen LogP contribution in [0, 0.1) is 17.4 Å². The van der Waals surface area contributed by atoms with Crippen LogP contribution in [0.15, 0.2) is 12.3 Å². The molecular weight excluding hydrogens is 363 g/mol. The zero-order valence-electron chi connectivity index (χ0n) is 12.3. The smallest absolute Gasteiger partial charge is 0.180 e. The molecule has 2 aromatic heterocycles. The number of aryl methyl sites for hydroxylation is 3. The van der Waals surface area contributed by atoms with E-state index < -0.39 is 0 Å². The third-order valence-corrected chi connectivity index (χ3v) is 4.16. The summed E-state index contributed by atoms with van der Waals surface area (Å²) in [5, 5.41) is 3.31. The summed E-state index contributed by atoms with van der Waals surface area (Å²) in [6.45, 7) is 9.11. The van der Waals surface area contributed by atoms with Gasteiger partial charge in [0.25, 0.3) is 0 Å². The highest BCUT2D eigenvalue weighted by atomic mass is 127. The Morgan fingerprint density at radius 1 is 1.20 bits per heavy atom. The van der Waals surface area contributed by atoms with E-state index >= 15 is 0 Å². The first kappa shape index (κ1) is 15.2.